The van der Waals surface area contributed by atoms with E-state index in [1.807, 2.05) is 43.3 Å². The third-order valence-electron chi connectivity index (χ3n) is 6.93. The number of hydrogen-bond acceptors (Lipinski definition) is 5. The molecule has 0 saturated carbocycles. The number of H-pyrrole nitrogens is 4. The van der Waals surface area contributed by atoms with E-state index >= 15 is 0 Å². The standard InChI is InChI=1S/C17H18ClN5O2.C15H13ClN4O2/c1-23(2)14-8-11(18)7-6-10(14)9-19-16(24)20-12-4-3-5-13-15(12)22-17(25)21-13;16-10-6-4-9(5-7-10)8-17-14(21)18-11-2-1-3-12-13(11)20-15(22)19-12/h3-8H,9H2,1-2H3,(H2,19,20,24)(H2,21,22,25);1-7H,8H2,(H2,17,18,21)(H2,19,20,22). The fraction of sp³-hybridized carbons (Fsp3) is 0.125. The molecule has 15 heteroatoms. The van der Waals surface area contributed by atoms with Gasteiger partial charge in [0.2, 0.25) is 0 Å². The number of rotatable bonds is 7. The van der Waals surface area contributed by atoms with Gasteiger partial charge >= 0.3 is 23.4 Å². The molecule has 0 saturated heterocycles. The number of hydrogen-bond donors (Lipinski definition) is 8. The van der Waals surface area contributed by atoms with E-state index in [4.69, 9.17) is 23.2 Å². The largest absolute Gasteiger partial charge is 0.377 e. The van der Waals surface area contributed by atoms with Crippen LogP contribution in [0.3, 0.4) is 0 Å². The van der Waals surface area contributed by atoms with E-state index in [-0.39, 0.29) is 23.4 Å². The molecule has 2 heterocycles. The molecule has 0 aliphatic rings. The van der Waals surface area contributed by atoms with Crippen LogP contribution in [-0.2, 0) is 13.1 Å². The molecule has 4 aromatic carbocycles. The van der Waals surface area contributed by atoms with E-state index in [0.717, 1.165) is 16.8 Å². The number of nitrogens with one attached hydrogen (secondary N) is 8. The lowest BCUT2D eigenvalue weighted by Gasteiger charge is -2.18. The molecule has 0 unspecified atom stereocenters. The first-order valence-electron chi connectivity index (χ1n) is 14.3. The Bertz CT molecular complexity index is 2150. The number of aromatic nitrogens is 4. The molecular formula is C32H31Cl2N9O4. The second-order valence-corrected chi connectivity index (χ2v) is 11.4. The monoisotopic (exact) mass is 675 g/mol. The molecule has 6 rings (SSSR count). The third-order valence-corrected chi connectivity index (χ3v) is 7.42. The first kappa shape index (κ1) is 32.7. The number of benzene rings is 4. The molecular weight excluding hydrogens is 645 g/mol. The van der Waals surface area contributed by atoms with Gasteiger partial charge in [0.1, 0.15) is 0 Å². The number of amides is 4. The predicted molar refractivity (Wildman–Crippen MR) is 187 cm³/mol. The van der Waals surface area contributed by atoms with Gasteiger partial charge in [-0.25, -0.2) is 19.2 Å². The van der Waals surface area contributed by atoms with Gasteiger partial charge in [-0.15, -0.1) is 0 Å². The van der Waals surface area contributed by atoms with Crippen molar-refractivity contribution in [2.24, 2.45) is 0 Å². The van der Waals surface area contributed by atoms with Gasteiger partial charge in [-0.3, -0.25) is 0 Å². The minimum Gasteiger partial charge on any atom is -0.377 e. The Morgan fingerprint density at radius 2 is 1.17 bits per heavy atom. The molecule has 0 fully saturated rings. The van der Waals surface area contributed by atoms with Gasteiger partial charge in [-0.2, -0.15) is 0 Å². The van der Waals surface area contributed by atoms with Crippen molar-refractivity contribution in [1.82, 2.24) is 30.6 Å². The lowest BCUT2D eigenvalue weighted by molar-refractivity contribution is 0.251. The van der Waals surface area contributed by atoms with Crippen molar-refractivity contribution < 1.29 is 9.59 Å². The highest BCUT2D eigenvalue weighted by molar-refractivity contribution is 6.31. The van der Waals surface area contributed by atoms with E-state index < -0.39 is 0 Å². The van der Waals surface area contributed by atoms with Crippen LogP contribution < -0.4 is 37.5 Å². The summed E-state index contributed by atoms with van der Waals surface area (Å²) >= 11 is 11.8. The number of aromatic amines is 4. The maximum Gasteiger partial charge on any atom is 0.323 e. The smallest absolute Gasteiger partial charge is 0.323 e. The average molecular weight is 677 g/mol. The summed E-state index contributed by atoms with van der Waals surface area (Å²) in [5.41, 5.74) is 5.64. The molecule has 0 radical (unpaired) electrons. The van der Waals surface area contributed by atoms with Gasteiger partial charge in [0.25, 0.3) is 0 Å². The van der Waals surface area contributed by atoms with E-state index in [2.05, 4.69) is 41.2 Å². The SMILES string of the molecule is CN(C)c1cc(Cl)ccc1CNC(=O)Nc1cccc2[nH]c(=O)[nH]c12.O=C(NCc1ccc(Cl)cc1)Nc1cccc2[nH]c(=O)[nH]c12. The molecule has 0 atom stereocenters. The quantitative estimate of drug-likeness (QED) is 0.107. The Hall–Kier alpha value is -5.66. The highest BCUT2D eigenvalue weighted by Crippen LogP contribution is 2.24. The fourth-order valence-electron chi connectivity index (χ4n) is 4.72. The summed E-state index contributed by atoms with van der Waals surface area (Å²) in [6, 6.07) is 22.5. The molecule has 2 aromatic heterocycles. The second kappa shape index (κ2) is 14.6. The van der Waals surface area contributed by atoms with Crippen LogP contribution in [0.4, 0.5) is 26.7 Å². The molecule has 242 valence electrons. The summed E-state index contributed by atoms with van der Waals surface area (Å²) in [5, 5.41) is 12.3. The lowest BCUT2D eigenvalue weighted by atomic mass is 10.1. The van der Waals surface area contributed by atoms with Gasteiger partial charge in [-0.05, 0) is 59.7 Å². The van der Waals surface area contributed by atoms with Crippen molar-refractivity contribution in [1.29, 1.82) is 0 Å². The molecule has 47 heavy (non-hydrogen) atoms. The van der Waals surface area contributed by atoms with E-state index in [0.29, 0.717) is 56.6 Å². The number of carbonyl (C=O) groups excluding carboxylic acids is 2. The van der Waals surface area contributed by atoms with E-state index in [9.17, 15) is 19.2 Å². The number of urea groups is 2. The van der Waals surface area contributed by atoms with Crippen LogP contribution in [0.1, 0.15) is 11.1 Å². The molecule has 0 bridgehead atoms. The summed E-state index contributed by atoms with van der Waals surface area (Å²) < 4.78 is 0. The Morgan fingerprint density at radius 1 is 0.660 bits per heavy atom. The number of nitrogens with zero attached hydrogens (tertiary/aromatic N) is 1. The van der Waals surface area contributed by atoms with Crippen molar-refractivity contribution in [2.45, 2.75) is 13.1 Å². The highest BCUT2D eigenvalue weighted by Gasteiger charge is 2.11. The summed E-state index contributed by atoms with van der Waals surface area (Å²) in [6.07, 6.45) is 0. The molecule has 0 aliphatic heterocycles. The van der Waals surface area contributed by atoms with Crippen LogP contribution in [0, 0.1) is 0 Å². The Balaban J connectivity index is 0.000000186. The molecule has 4 amide bonds. The summed E-state index contributed by atoms with van der Waals surface area (Å²) in [5.74, 6) is 0. The first-order chi connectivity index (χ1) is 22.5. The van der Waals surface area contributed by atoms with Crippen LogP contribution in [-0.4, -0.2) is 46.1 Å². The number of para-hydroxylation sites is 2. The van der Waals surface area contributed by atoms with Crippen molar-refractivity contribution >= 4 is 74.4 Å². The van der Waals surface area contributed by atoms with Crippen molar-refractivity contribution in [3.63, 3.8) is 0 Å². The normalized spacial score (nSPS) is 10.6. The van der Waals surface area contributed by atoms with Crippen LogP contribution in [0.5, 0.6) is 0 Å². The molecule has 0 spiro atoms. The van der Waals surface area contributed by atoms with Gasteiger partial charge in [0, 0.05) is 42.9 Å². The Labute approximate surface area is 277 Å². The number of anilines is 3. The fourth-order valence-corrected chi connectivity index (χ4v) is 5.01. The minimum atomic E-state index is -0.366. The highest BCUT2D eigenvalue weighted by atomic mass is 35.5. The third kappa shape index (κ3) is 8.54. The maximum atomic E-state index is 12.2. The average Bonchev–Trinajstić information content (AvgIpc) is 3.62. The summed E-state index contributed by atoms with van der Waals surface area (Å²) in [6.45, 7) is 0.721. The van der Waals surface area contributed by atoms with Crippen LogP contribution in [0.15, 0.2) is 88.5 Å². The molecule has 0 aliphatic carbocycles. The number of fused-ring (bicyclic) bond motifs is 2. The molecule has 6 aromatic rings. The van der Waals surface area contributed by atoms with E-state index in [1.165, 1.54) is 0 Å². The predicted octanol–water partition coefficient (Wildman–Crippen LogP) is 5.73. The van der Waals surface area contributed by atoms with Gasteiger partial charge in [-0.1, -0.05) is 53.5 Å². The zero-order chi connectivity index (χ0) is 33.5. The lowest BCUT2D eigenvalue weighted by Crippen LogP contribution is -2.29. The number of imidazole rings is 2. The summed E-state index contributed by atoms with van der Waals surface area (Å²) in [4.78, 5) is 59.4. The first-order valence-corrected chi connectivity index (χ1v) is 15.0. The van der Waals surface area contributed by atoms with Crippen LogP contribution in [0.2, 0.25) is 10.0 Å². The molecule has 8 N–H and O–H groups in total. The van der Waals surface area contributed by atoms with Crippen molar-refractivity contribution in [2.75, 3.05) is 29.6 Å². The maximum absolute atomic E-state index is 12.2. The number of halogens is 2. The Kier molecular flexibility index (Phi) is 10.2. The second-order valence-electron chi connectivity index (χ2n) is 10.5. The zero-order valence-corrected chi connectivity index (χ0v) is 26.8. The van der Waals surface area contributed by atoms with Gasteiger partial charge in [0.15, 0.2) is 0 Å². The molecule has 13 nitrogen and oxygen atoms in total. The summed E-state index contributed by atoms with van der Waals surface area (Å²) in [7, 11) is 3.83. The van der Waals surface area contributed by atoms with Gasteiger partial charge in [0.05, 0.1) is 33.4 Å². The van der Waals surface area contributed by atoms with E-state index in [1.54, 1.807) is 54.6 Å². The van der Waals surface area contributed by atoms with Crippen molar-refractivity contribution in [3.8, 4) is 0 Å². The van der Waals surface area contributed by atoms with Crippen LogP contribution in [0.25, 0.3) is 22.1 Å². The number of carbonyl (C=O) groups is 2. The topological polar surface area (TPSA) is 183 Å². The van der Waals surface area contributed by atoms with Gasteiger partial charge < -0.3 is 46.1 Å². The van der Waals surface area contributed by atoms with Crippen LogP contribution >= 0.6 is 23.2 Å². The Morgan fingerprint density at radius 3 is 1.70 bits per heavy atom. The van der Waals surface area contributed by atoms with Crippen molar-refractivity contribution in [3.05, 3.63) is 121 Å². The minimum absolute atomic E-state index is 0.314. The zero-order valence-electron chi connectivity index (χ0n) is 25.3.